The van der Waals surface area contributed by atoms with E-state index in [9.17, 15) is 4.39 Å². The number of hydrazine groups is 1. The zero-order valence-corrected chi connectivity index (χ0v) is 14.9. The molecular weight excluding hydrogens is 317 g/mol. The molecule has 2 N–H and O–H groups in total. The fourth-order valence-corrected chi connectivity index (χ4v) is 3.84. The van der Waals surface area contributed by atoms with Gasteiger partial charge in [-0.2, -0.15) is 5.10 Å². The van der Waals surface area contributed by atoms with Crippen LogP contribution in [0.2, 0.25) is 0 Å². The van der Waals surface area contributed by atoms with Crippen LogP contribution in [0.5, 0.6) is 0 Å². The zero-order valence-electron chi connectivity index (χ0n) is 14.9. The Bertz CT molecular complexity index is 739. The van der Waals surface area contributed by atoms with Crippen LogP contribution >= 0.6 is 0 Å². The van der Waals surface area contributed by atoms with Gasteiger partial charge < -0.3 is 4.90 Å². The number of likely N-dealkylation sites (N-methyl/N-ethyl adjacent to an activating group) is 1. The Morgan fingerprint density at radius 3 is 2.84 bits per heavy atom. The second-order valence-corrected chi connectivity index (χ2v) is 7.52. The Balaban J connectivity index is 1.43. The molecule has 2 heterocycles. The largest absolute Gasteiger partial charge is 0.300 e. The van der Waals surface area contributed by atoms with E-state index in [-0.39, 0.29) is 5.82 Å². The third kappa shape index (κ3) is 3.76. The van der Waals surface area contributed by atoms with Gasteiger partial charge in [0.05, 0.1) is 5.69 Å². The molecule has 0 spiro atoms. The predicted molar refractivity (Wildman–Crippen MR) is 96.1 cm³/mol. The van der Waals surface area contributed by atoms with Crippen LogP contribution in [0.1, 0.15) is 24.8 Å². The average Bonchev–Trinajstić information content (AvgIpc) is 3.22. The molecule has 2 aromatic rings. The van der Waals surface area contributed by atoms with Crippen molar-refractivity contribution in [3.8, 4) is 11.3 Å². The number of hydrogen-bond acceptors (Lipinski definition) is 4. The van der Waals surface area contributed by atoms with Crippen LogP contribution in [-0.4, -0.2) is 40.4 Å². The van der Waals surface area contributed by atoms with Crippen LogP contribution < -0.4 is 10.9 Å². The molecule has 2 aliphatic rings. The fraction of sp³-hybridized carbons (Fsp3) is 0.526. The lowest BCUT2D eigenvalue weighted by Gasteiger charge is -2.20. The highest BCUT2D eigenvalue weighted by Gasteiger charge is 2.36. The van der Waals surface area contributed by atoms with Gasteiger partial charge in [0, 0.05) is 49.5 Å². The van der Waals surface area contributed by atoms with E-state index in [0.29, 0.717) is 17.6 Å². The number of nitrogens with one attached hydrogen (secondary N) is 2. The lowest BCUT2D eigenvalue weighted by Crippen LogP contribution is -2.39. The van der Waals surface area contributed by atoms with Crippen molar-refractivity contribution in [2.24, 2.45) is 13.0 Å². The van der Waals surface area contributed by atoms with E-state index in [2.05, 4.69) is 27.9 Å². The molecule has 2 fully saturated rings. The molecule has 1 saturated heterocycles. The Kier molecular flexibility index (Phi) is 4.58. The quantitative estimate of drug-likeness (QED) is 0.845. The topological polar surface area (TPSA) is 45.1 Å². The lowest BCUT2D eigenvalue weighted by atomic mass is 10.1. The maximum atomic E-state index is 14.2. The van der Waals surface area contributed by atoms with Gasteiger partial charge in [0.15, 0.2) is 0 Å². The fourth-order valence-electron chi connectivity index (χ4n) is 3.84. The highest BCUT2D eigenvalue weighted by molar-refractivity contribution is 5.63. The van der Waals surface area contributed by atoms with E-state index in [4.69, 9.17) is 0 Å². The molecule has 5 nitrogen and oxygen atoms in total. The Hall–Kier alpha value is -1.76. The van der Waals surface area contributed by atoms with Crippen LogP contribution in [-0.2, 0) is 13.6 Å². The third-order valence-corrected chi connectivity index (χ3v) is 5.21. The SMILES string of the molecule is CN(Cc1cn(C)nc1-c1ccccc1F)CC1CC(C2CC2)NN1. The molecule has 4 rings (SSSR count). The van der Waals surface area contributed by atoms with Crippen molar-refractivity contribution in [2.45, 2.75) is 37.9 Å². The van der Waals surface area contributed by atoms with E-state index in [1.54, 1.807) is 16.8 Å². The second kappa shape index (κ2) is 6.86. The van der Waals surface area contributed by atoms with Crippen LogP contribution in [0, 0.1) is 11.7 Å². The summed E-state index contributed by atoms with van der Waals surface area (Å²) < 4.78 is 15.9. The van der Waals surface area contributed by atoms with Crippen molar-refractivity contribution in [3.63, 3.8) is 0 Å². The van der Waals surface area contributed by atoms with Gasteiger partial charge in [-0.1, -0.05) is 12.1 Å². The van der Waals surface area contributed by atoms with Crippen molar-refractivity contribution in [1.29, 1.82) is 0 Å². The first-order chi connectivity index (χ1) is 12.1. The summed E-state index contributed by atoms with van der Waals surface area (Å²) in [6, 6.07) is 7.94. The predicted octanol–water partition coefficient (Wildman–Crippen LogP) is 2.30. The van der Waals surface area contributed by atoms with Crippen molar-refractivity contribution in [1.82, 2.24) is 25.5 Å². The molecule has 2 atom stereocenters. The van der Waals surface area contributed by atoms with Crippen LogP contribution in [0.3, 0.4) is 0 Å². The van der Waals surface area contributed by atoms with Gasteiger partial charge in [0.25, 0.3) is 0 Å². The van der Waals surface area contributed by atoms with Gasteiger partial charge in [0.1, 0.15) is 5.82 Å². The highest BCUT2D eigenvalue weighted by Crippen LogP contribution is 2.35. The molecule has 6 heteroatoms. The molecule has 0 bridgehead atoms. The van der Waals surface area contributed by atoms with Gasteiger partial charge in [-0.3, -0.25) is 15.5 Å². The van der Waals surface area contributed by atoms with Gasteiger partial charge in [0.2, 0.25) is 0 Å². The molecule has 2 unspecified atom stereocenters. The molecule has 1 aliphatic heterocycles. The van der Waals surface area contributed by atoms with E-state index in [1.807, 2.05) is 19.3 Å². The minimum Gasteiger partial charge on any atom is -0.300 e. The number of aromatic nitrogens is 2. The summed E-state index contributed by atoms with van der Waals surface area (Å²) >= 11 is 0. The molecule has 25 heavy (non-hydrogen) atoms. The molecule has 134 valence electrons. The normalized spacial score (nSPS) is 23.5. The molecule has 1 aliphatic carbocycles. The van der Waals surface area contributed by atoms with Crippen LogP contribution in [0.4, 0.5) is 4.39 Å². The summed E-state index contributed by atoms with van der Waals surface area (Å²) in [5.41, 5.74) is 9.24. The van der Waals surface area contributed by atoms with Crippen molar-refractivity contribution in [2.75, 3.05) is 13.6 Å². The van der Waals surface area contributed by atoms with Gasteiger partial charge in [-0.25, -0.2) is 4.39 Å². The molecule has 1 aromatic carbocycles. The number of rotatable bonds is 6. The van der Waals surface area contributed by atoms with Gasteiger partial charge >= 0.3 is 0 Å². The minimum atomic E-state index is -0.223. The first-order valence-electron chi connectivity index (χ1n) is 9.07. The molecule has 0 radical (unpaired) electrons. The molecule has 1 saturated carbocycles. The van der Waals surface area contributed by atoms with Crippen LogP contribution in [0.15, 0.2) is 30.5 Å². The minimum absolute atomic E-state index is 0.223. The highest BCUT2D eigenvalue weighted by atomic mass is 19.1. The summed E-state index contributed by atoms with van der Waals surface area (Å²) in [6.07, 6.45) is 5.90. The first kappa shape index (κ1) is 16.7. The first-order valence-corrected chi connectivity index (χ1v) is 9.07. The lowest BCUT2D eigenvalue weighted by molar-refractivity contribution is 0.289. The third-order valence-electron chi connectivity index (χ3n) is 5.21. The number of halogens is 1. The molecular formula is C19H26FN5. The van der Waals surface area contributed by atoms with Gasteiger partial charge in [-0.15, -0.1) is 0 Å². The number of nitrogens with zero attached hydrogens (tertiary/aromatic N) is 3. The summed E-state index contributed by atoms with van der Waals surface area (Å²) in [6.45, 7) is 1.71. The van der Waals surface area contributed by atoms with E-state index >= 15 is 0 Å². The summed E-state index contributed by atoms with van der Waals surface area (Å²) in [5, 5.41) is 4.49. The van der Waals surface area contributed by atoms with Crippen molar-refractivity contribution < 1.29 is 4.39 Å². The van der Waals surface area contributed by atoms with E-state index in [1.165, 1.54) is 25.3 Å². The zero-order chi connectivity index (χ0) is 17.4. The maximum absolute atomic E-state index is 14.2. The van der Waals surface area contributed by atoms with Gasteiger partial charge in [-0.05, 0) is 44.4 Å². The van der Waals surface area contributed by atoms with E-state index < -0.39 is 0 Å². The summed E-state index contributed by atoms with van der Waals surface area (Å²) in [4.78, 5) is 2.29. The summed E-state index contributed by atoms with van der Waals surface area (Å²) in [7, 11) is 4.00. The maximum Gasteiger partial charge on any atom is 0.132 e. The second-order valence-electron chi connectivity index (χ2n) is 7.52. The van der Waals surface area contributed by atoms with Crippen LogP contribution in [0.25, 0.3) is 11.3 Å². The smallest absolute Gasteiger partial charge is 0.132 e. The average molecular weight is 343 g/mol. The molecule has 0 amide bonds. The number of aryl methyl sites for hydroxylation is 1. The van der Waals surface area contributed by atoms with Crippen molar-refractivity contribution >= 4 is 0 Å². The Morgan fingerprint density at radius 1 is 1.28 bits per heavy atom. The number of benzene rings is 1. The standard InChI is InChI=1S/C19H26FN5/c1-24(12-15-9-18(22-21-15)13-7-8-13)10-14-11-25(2)23-19(14)16-5-3-4-6-17(16)20/h3-6,11,13,15,18,21-22H,7-10,12H2,1-2H3. The number of hydrogen-bond donors (Lipinski definition) is 2. The Labute approximate surface area is 148 Å². The van der Waals surface area contributed by atoms with E-state index in [0.717, 1.165) is 30.3 Å². The summed E-state index contributed by atoms with van der Waals surface area (Å²) in [5.74, 6) is 0.646. The molecule has 1 aromatic heterocycles. The Morgan fingerprint density at radius 2 is 2.08 bits per heavy atom. The monoisotopic (exact) mass is 343 g/mol. The van der Waals surface area contributed by atoms with Crippen molar-refractivity contribution in [3.05, 3.63) is 41.8 Å².